The first-order valence-corrected chi connectivity index (χ1v) is 10.2. The highest BCUT2D eigenvalue weighted by atomic mass is 32.2. The number of anilines is 1. The highest BCUT2D eigenvalue weighted by molar-refractivity contribution is 7.99. The summed E-state index contributed by atoms with van der Waals surface area (Å²) < 4.78 is 6.59. The maximum absolute atomic E-state index is 12.4. The molecule has 0 aromatic carbocycles. The molecule has 26 heavy (non-hydrogen) atoms. The number of tetrazole rings is 1. The second-order valence-corrected chi connectivity index (χ2v) is 8.29. The standard InChI is InChI=1S/C16H21N5O3S2/c1-9(2)21-16(18-19-20-21)25-8-12(22)17-14-13(15(23)24-3)10-6-4-5-7-11(10)26-14/h9H,4-8H2,1-3H3,(H,17,22). The molecular weight excluding hydrogens is 374 g/mol. The molecule has 3 rings (SSSR count). The van der Waals surface area contributed by atoms with Crippen LogP contribution >= 0.6 is 23.1 Å². The SMILES string of the molecule is COC(=O)c1c(NC(=O)CSc2nnnn2C(C)C)sc2c1CCCC2. The van der Waals surface area contributed by atoms with Gasteiger partial charge in [0.15, 0.2) is 0 Å². The summed E-state index contributed by atoms with van der Waals surface area (Å²) in [5, 5.41) is 15.6. The van der Waals surface area contributed by atoms with E-state index in [2.05, 4.69) is 20.8 Å². The number of carbonyl (C=O) groups is 2. The smallest absolute Gasteiger partial charge is 0.341 e. The van der Waals surface area contributed by atoms with Crippen LogP contribution in [0.2, 0.25) is 0 Å². The van der Waals surface area contributed by atoms with Crippen LogP contribution in [-0.2, 0) is 22.4 Å². The predicted molar refractivity (Wildman–Crippen MR) is 99.9 cm³/mol. The van der Waals surface area contributed by atoms with Gasteiger partial charge in [-0.05, 0) is 55.5 Å². The third-order valence-electron chi connectivity index (χ3n) is 4.10. The van der Waals surface area contributed by atoms with Gasteiger partial charge in [-0.1, -0.05) is 11.8 Å². The third-order valence-corrected chi connectivity index (χ3v) is 6.24. The molecule has 2 aromatic rings. The highest BCUT2D eigenvalue weighted by Crippen LogP contribution is 2.38. The number of hydrogen-bond acceptors (Lipinski definition) is 8. The molecule has 1 amide bonds. The molecule has 0 unspecified atom stereocenters. The third kappa shape index (κ3) is 3.90. The fourth-order valence-electron chi connectivity index (χ4n) is 2.87. The fourth-order valence-corrected chi connectivity index (χ4v) is 4.97. The van der Waals surface area contributed by atoms with Gasteiger partial charge in [-0.15, -0.1) is 16.4 Å². The Kier molecular flexibility index (Phi) is 5.92. The van der Waals surface area contributed by atoms with Crippen molar-refractivity contribution in [3.05, 3.63) is 16.0 Å². The number of amides is 1. The van der Waals surface area contributed by atoms with Crippen molar-refractivity contribution in [3.63, 3.8) is 0 Å². The van der Waals surface area contributed by atoms with Crippen LogP contribution in [0.3, 0.4) is 0 Å². The number of ether oxygens (including phenoxy) is 1. The Bertz CT molecular complexity index is 815. The molecular formula is C16H21N5O3S2. The van der Waals surface area contributed by atoms with Crippen LogP contribution in [0.15, 0.2) is 5.16 Å². The van der Waals surface area contributed by atoms with E-state index in [9.17, 15) is 9.59 Å². The number of nitrogens with one attached hydrogen (secondary N) is 1. The monoisotopic (exact) mass is 395 g/mol. The lowest BCUT2D eigenvalue weighted by molar-refractivity contribution is -0.113. The van der Waals surface area contributed by atoms with E-state index < -0.39 is 5.97 Å². The van der Waals surface area contributed by atoms with Gasteiger partial charge in [0.05, 0.1) is 24.5 Å². The average Bonchev–Trinajstić information content (AvgIpc) is 3.23. The Morgan fingerprint density at radius 3 is 2.85 bits per heavy atom. The summed E-state index contributed by atoms with van der Waals surface area (Å²) in [6.45, 7) is 3.94. The first-order valence-electron chi connectivity index (χ1n) is 8.44. The van der Waals surface area contributed by atoms with E-state index in [-0.39, 0.29) is 17.7 Å². The first-order chi connectivity index (χ1) is 12.5. The van der Waals surface area contributed by atoms with E-state index in [1.807, 2.05) is 13.8 Å². The first kappa shape index (κ1) is 18.8. The molecule has 0 radical (unpaired) electrons. The van der Waals surface area contributed by atoms with Gasteiger partial charge in [-0.25, -0.2) is 9.48 Å². The van der Waals surface area contributed by atoms with E-state index in [1.54, 1.807) is 4.68 Å². The van der Waals surface area contributed by atoms with Gasteiger partial charge >= 0.3 is 5.97 Å². The minimum atomic E-state index is -0.392. The van der Waals surface area contributed by atoms with Gasteiger partial charge in [0.25, 0.3) is 0 Å². The number of thioether (sulfide) groups is 1. The molecule has 0 bridgehead atoms. The van der Waals surface area contributed by atoms with Crippen molar-refractivity contribution in [3.8, 4) is 0 Å². The van der Waals surface area contributed by atoms with E-state index in [4.69, 9.17) is 4.74 Å². The van der Waals surface area contributed by atoms with Crippen molar-refractivity contribution >= 4 is 40.0 Å². The second kappa shape index (κ2) is 8.17. The minimum Gasteiger partial charge on any atom is -0.465 e. The molecule has 0 aliphatic heterocycles. The molecule has 140 valence electrons. The predicted octanol–water partition coefficient (Wildman–Crippen LogP) is 2.71. The van der Waals surface area contributed by atoms with Crippen molar-refractivity contribution in [2.45, 2.75) is 50.7 Å². The van der Waals surface area contributed by atoms with Gasteiger partial charge in [-0.3, -0.25) is 4.79 Å². The van der Waals surface area contributed by atoms with Crippen LogP contribution in [0.4, 0.5) is 5.00 Å². The van der Waals surface area contributed by atoms with Crippen LogP contribution in [0, 0.1) is 0 Å². The lowest BCUT2D eigenvalue weighted by Gasteiger charge is -2.11. The number of carbonyl (C=O) groups excluding carboxylic acids is 2. The maximum atomic E-state index is 12.4. The minimum absolute atomic E-state index is 0.116. The van der Waals surface area contributed by atoms with Crippen LogP contribution < -0.4 is 5.32 Å². The summed E-state index contributed by atoms with van der Waals surface area (Å²) in [5.74, 6) is -0.427. The molecule has 0 saturated heterocycles. The molecule has 1 N–H and O–H groups in total. The number of methoxy groups -OCH3 is 1. The number of esters is 1. The van der Waals surface area contributed by atoms with E-state index >= 15 is 0 Å². The molecule has 0 saturated carbocycles. The van der Waals surface area contributed by atoms with Gasteiger partial charge in [0.2, 0.25) is 11.1 Å². The number of aromatic nitrogens is 4. The molecule has 1 aliphatic rings. The van der Waals surface area contributed by atoms with E-state index in [0.29, 0.717) is 15.7 Å². The van der Waals surface area contributed by atoms with Gasteiger partial charge in [0.1, 0.15) is 5.00 Å². The Morgan fingerprint density at radius 2 is 2.12 bits per heavy atom. The van der Waals surface area contributed by atoms with Gasteiger partial charge in [0, 0.05) is 4.88 Å². The number of aryl methyl sites for hydroxylation is 1. The highest BCUT2D eigenvalue weighted by Gasteiger charge is 2.27. The summed E-state index contributed by atoms with van der Waals surface area (Å²) in [6, 6.07) is 0.116. The molecule has 0 spiro atoms. The molecule has 1 aliphatic carbocycles. The van der Waals surface area contributed by atoms with Crippen molar-refractivity contribution in [1.82, 2.24) is 20.2 Å². The normalized spacial score (nSPS) is 13.5. The van der Waals surface area contributed by atoms with Crippen LogP contribution in [0.25, 0.3) is 0 Å². The molecule has 10 heteroatoms. The quantitative estimate of drug-likeness (QED) is 0.593. The lowest BCUT2D eigenvalue weighted by Crippen LogP contribution is -2.17. The summed E-state index contributed by atoms with van der Waals surface area (Å²) >= 11 is 2.75. The van der Waals surface area contributed by atoms with Crippen molar-refractivity contribution in [2.24, 2.45) is 0 Å². The number of hydrogen-bond donors (Lipinski definition) is 1. The Labute approximate surface area is 159 Å². The summed E-state index contributed by atoms with van der Waals surface area (Å²) in [5.41, 5.74) is 1.54. The maximum Gasteiger partial charge on any atom is 0.341 e. The second-order valence-electron chi connectivity index (χ2n) is 6.24. The summed E-state index contributed by atoms with van der Waals surface area (Å²) in [7, 11) is 1.36. The molecule has 2 heterocycles. The van der Waals surface area contributed by atoms with E-state index in [1.165, 1.54) is 35.1 Å². The molecule has 2 aromatic heterocycles. The average molecular weight is 396 g/mol. The van der Waals surface area contributed by atoms with Crippen molar-refractivity contribution < 1.29 is 14.3 Å². The zero-order valence-electron chi connectivity index (χ0n) is 14.9. The summed E-state index contributed by atoms with van der Waals surface area (Å²) in [6.07, 6.45) is 3.95. The van der Waals surface area contributed by atoms with Gasteiger partial charge < -0.3 is 10.1 Å². The van der Waals surface area contributed by atoms with Crippen LogP contribution in [0.5, 0.6) is 0 Å². The Morgan fingerprint density at radius 1 is 1.35 bits per heavy atom. The number of rotatable bonds is 6. The number of fused-ring (bicyclic) bond motifs is 1. The fraction of sp³-hybridized carbons (Fsp3) is 0.562. The van der Waals surface area contributed by atoms with Crippen molar-refractivity contribution in [1.29, 1.82) is 0 Å². The molecule has 8 nitrogen and oxygen atoms in total. The van der Waals surface area contributed by atoms with E-state index in [0.717, 1.165) is 31.2 Å². The Hall–Kier alpha value is -1.94. The zero-order chi connectivity index (χ0) is 18.7. The van der Waals surface area contributed by atoms with Gasteiger partial charge in [-0.2, -0.15) is 0 Å². The summed E-state index contributed by atoms with van der Waals surface area (Å²) in [4.78, 5) is 25.8. The molecule has 0 atom stereocenters. The number of thiophene rings is 1. The number of nitrogens with zero attached hydrogens (tertiary/aromatic N) is 4. The van der Waals surface area contributed by atoms with Crippen molar-refractivity contribution in [2.75, 3.05) is 18.2 Å². The molecule has 0 fully saturated rings. The Balaban J connectivity index is 1.72. The lowest BCUT2D eigenvalue weighted by atomic mass is 9.95. The zero-order valence-corrected chi connectivity index (χ0v) is 16.6. The topological polar surface area (TPSA) is 99.0 Å². The largest absolute Gasteiger partial charge is 0.465 e. The van der Waals surface area contributed by atoms with Crippen LogP contribution in [0.1, 0.15) is 53.5 Å². The van der Waals surface area contributed by atoms with Crippen LogP contribution in [-0.4, -0.2) is 44.9 Å².